The van der Waals surface area contributed by atoms with Crippen molar-refractivity contribution in [1.29, 1.82) is 0 Å². The van der Waals surface area contributed by atoms with Crippen LogP contribution in [0.1, 0.15) is 19.3 Å². The minimum absolute atomic E-state index is 0.0770. The highest BCUT2D eigenvalue weighted by Crippen LogP contribution is 2.53. The summed E-state index contributed by atoms with van der Waals surface area (Å²) in [7, 11) is 3.65. The Hall–Kier alpha value is -2.62. The van der Waals surface area contributed by atoms with E-state index in [4.69, 9.17) is 0 Å². The topological polar surface area (TPSA) is 40.6 Å². The summed E-state index contributed by atoms with van der Waals surface area (Å²) in [5.41, 5.74) is 1.76. The molecule has 140 valence electrons. The molecule has 2 bridgehead atoms. The molecule has 2 fully saturated rings. The zero-order chi connectivity index (χ0) is 19.0. The van der Waals surface area contributed by atoms with E-state index in [9.17, 15) is 9.59 Å². The van der Waals surface area contributed by atoms with Crippen LogP contribution in [0.5, 0.6) is 0 Å². The van der Waals surface area contributed by atoms with Crippen molar-refractivity contribution in [1.82, 2.24) is 0 Å². The van der Waals surface area contributed by atoms with E-state index in [1.165, 1.54) is 0 Å². The van der Waals surface area contributed by atoms with Gasteiger partial charge in [-0.15, -0.1) is 0 Å². The van der Waals surface area contributed by atoms with Crippen LogP contribution in [-0.2, 0) is 9.59 Å². The molecule has 0 aromatic heterocycles. The third-order valence-corrected chi connectivity index (χ3v) is 6.43. The van der Waals surface area contributed by atoms with Crippen LogP contribution in [-0.4, -0.2) is 25.9 Å². The van der Waals surface area contributed by atoms with Crippen LogP contribution in [0.25, 0.3) is 0 Å². The van der Waals surface area contributed by atoms with Crippen molar-refractivity contribution in [3.8, 4) is 0 Å². The maximum absolute atomic E-state index is 13.4. The second-order valence-electron chi connectivity index (χ2n) is 7.85. The molecular formula is C23H26N2O2. The molecule has 0 spiro atoms. The molecule has 0 N–H and O–H groups in total. The summed E-state index contributed by atoms with van der Waals surface area (Å²) >= 11 is 0. The van der Waals surface area contributed by atoms with E-state index >= 15 is 0 Å². The van der Waals surface area contributed by atoms with Crippen molar-refractivity contribution in [2.45, 2.75) is 19.3 Å². The first-order chi connectivity index (χ1) is 13.1. The summed E-state index contributed by atoms with van der Waals surface area (Å²) in [6, 6.07) is 19.4. The Morgan fingerprint density at radius 1 is 0.704 bits per heavy atom. The minimum atomic E-state index is -0.215. The Bertz CT molecular complexity index is 751. The fourth-order valence-corrected chi connectivity index (χ4v) is 5.01. The summed E-state index contributed by atoms with van der Waals surface area (Å²) in [4.78, 5) is 30.2. The average Bonchev–Trinajstić information content (AvgIpc) is 3.34. The van der Waals surface area contributed by atoms with Gasteiger partial charge in [0.25, 0.3) is 0 Å². The second-order valence-corrected chi connectivity index (χ2v) is 7.85. The first-order valence-electron chi connectivity index (χ1n) is 9.73. The Labute approximate surface area is 160 Å². The number of hydrogen-bond donors (Lipinski definition) is 0. The van der Waals surface area contributed by atoms with Crippen molar-refractivity contribution >= 4 is 23.2 Å². The molecule has 0 heterocycles. The third-order valence-electron chi connectivity index (χ3n) is 6.43. The SMILES string of the molecule is CN(C(=O)C1C(C(=O)N(C)c2ccccc2)[C@H]2CC[C@@H]1C2)c1ccccc1. The molecule has 4 atom stereocenters. The van der Waals surface area contributed by atoms with Crippen LogP contribution in [0.3, 0.4) is 0 Å². The molecule has 2 amide bonds. The summed E-state index contributed by atoms with van der Waals surface area (Å²) < 4.78 is 0. The monoisotopic (exact) mass is 362 g/mol. The van der Waals surface area contributed by atoms with Gasteiger partial charge in [-0.1, -0.05) is 36.4 Å². The first kappa shape index (κ1) is 17.8. The molecule has 4 heteroatoms. The van der Waals surface area contributed by atoms with Gasteiger partial charge < -0.3 is 9.80 Å². The second kappa shape index (κ2) is 7.18. The number of nitrogens with zero attached hydrogens (tertiary/aromatic N) is 2. The molecular weight excluding hydrogens is 336 g/mol. The standard InChI is InChI=1S/C23H26N2O2/c1-24(18-9-5-3-6-10-18)22(26)20-16-13-14-17(15-16)21(20)23(27)25(2)19-11-7-4-8-12-19/h3-12,16-17,20-21H,13-15H2,1-2H3/t16-,17+,20?,21?. The normalized spacial score (nSPS) is 26.0. The lowest BCUT2D eigenvalue weighted by Gasteiger charge is -2.34. The zero-order valence-electron chi connectivity index (χ0n) is 15.9. The van der Waals surface area contributed by atoms with E-state index in [1.54, 1.807) is 9.80 Å². The highest BCUT2D eigenvalue weighted by atomic mass is 16.2. The van der Waals surface area contributed by atoms with Crippen LogP contribution >= 0.6 is 0 Å². The number of carbonyl (C=O) groups is 2. The number of hydrogen-bond acceptors (Lipinski definition) is 2. The number of fused-ring (bicyclic) bond motifs is 2. The smallest absolute Gasteiger partial charge is 0.230 e. The van der Waals surface area contributed by atoms with Crippen LogP contribution in [0, 0.1) is 23.7 Å². The molecule has 0 aliphatic heterocycles. The molecule has 0 saturated heterocycles. The minimum Gasteiger partial charge on any atom is -0.315 e. The van der Waals surface area contributed by atoms with Crippen molar-refractivity contribution in [2.24, 2.45) is 23.7 Å². The van der Waals surface area contributed by atoms with E-state index in [0.29, 0.717) is 11.8 Å². The van der Waals surface area contributed by atoms with E-state index in [2.05, 4.69) is 0 Å². The van der Waals surface area contributed by atoms with Gasteiger partial charge in [-0.3, -0.25) is 9.59 Å². The molecule has 2 unspecified atom stereocenters. The van der Waals surface area contributed by atoms with Gasteiger partial charge in [0.1, 0.15) is 0 Å². The van der Waals surface area contributed by atoms with Gasteiger partial charge in [-0.05, 0) is 55.4 Å². The Morgan fingerprint density at radius 2 is 1.07 bits per heavy atom. The first-order valence-corrected chi connectivity index (χ1v) is 9.73. The number of rotatable bonds is 4. The lowest BCUT2D eigenvalue weighted by atomic mass is 9.77. The average molecular weight is 362 g/mol. The van der Waals surface area contributed by atoms with Crippen molar-refractivity contribution in [2.75, 3.05) is 23.9 Å². The van der Waals surface area contributed by atoms with Gasteiger partial charge in [0.2, 0.25) is 11.8 Å². The quantitative estimate of drug-likeness (QED) is 0.826. The highest BCUT2D eigenvalue weighted by molar-refractivity contribution is 6.02. The molecule has 2 aliphatic rings. The molecule has 2 aromatic rings. The van der Waals surface area contributed by atoms with Gasteiger partial charge >= 0.3 is 0 Å². The summed E-state index contributed by atoms with van der Waals surface area (Å²) in [6.45, 7) is 0. The number of para-hydroxylation sites is 2. The third kappa shape index (κ3) is 3.14. The zero-order valence-corrected chi connectivity index (χ0v) is 15.9. The highest BCUT2D eigenvalue weighted by Gasteiger charge is 2.55. The van der Waals surface area contributed by atoms with Crippen LogP contribution < -0.4 is 9.80 Å². The fourth-order valence-electron chi connectivity index (χ4n) is 5.01. The Balaban J connectivity index is 1.59. The van der Waals surface area contributed by atoms with Gasteiger partial charge in [0, 0.05) is 25.5 Å². The summed E-state index contributed by atoms with van der Waals surface area (Å²) in [5, 5.41) is 0. The number of benzene rings is 2. The molecule has 2 aliphatic carbocycles. The molecule has 4 nitrogen and oxygen atoms in total. The molecule has 4 rings (SSSR count). The predicted molar refractivity (Wildman–Crippen MR) is 108 cm³/mol. The lowest BCUT2D eigenvalue weighted by Crippen LogP contribution is -2.46. The maximum Gasteiger partial charge on any atom is 0.230 e. The molecule has 2 aromatic carbocycles. The Morgan fingerprint density at radius 3 is 1.44 bits per heavy atom. The number of amides is 2. The van der Waals surface area contributed by atoms with Crippen molar-refractivity contribution in [3.63, 3.8) is 0 Å². The van der Waals surface area contributed by atoms with E-state index in [1.807, 2.05) is 74.8 Å². The number of carbonyl (C=O) groups excluding carboxylic acids is 2. The van der Waals surface area contributed by atoms with Gasteiger partial charge in [0.05, 0.1) is 11.8 Å². The van der Waals surface area contributed by atoms with Crippen molar-refractivity contribution < 1.29 is 9.59 Å². The fraction of sp³-hybridized carbons (Fsp3) is 0.391. The summed E-state index contributed by atoms with van der Waals surface area (Å²) in [5.74, 6) is 0.375. The van der Waals surface area contributed by atoms with Gasteiger partial charge in [-0.25, -0.2) is 0 Å². The van der Waals surface area contributed by atoms with Crippen LogP contribution in [0.2, 0.25) is 0 Å². The lowest BCUT2D eigenvalue weighted by molar-refractivity contribution is -0.133. The van der Waals surface area contributed by atoms with E-state index in [0.717, 1.165) is 30.6 Å². The van der Waals surface area contributed by atoms with Gasteiger partial charge in [-0.2, -0.15) is 0 Å². The summed E-state index contributed by atoms with van der Waals surface area (Å²) in [6.07, 6.45) is 3.11. The largest absolute Gasteiger partial charge is 0.315 e. The number of anilines is 2. The predicted octanol–water partition coefficient (Wildman–Crippen LogP) is 3.97. The van der Waals surface area contributed by atoms with Crippen LogP contribution in [0.4, 0.5) is 11.4 Å². The molecule has 2 saturated carbocycles. The molecule has 27 heavy (non-hydrogen) atoms. The Kier molecular flexibility index (Phi) is 4.73. The van der Waals surface area contributed by atoms with Crippen molar-refractivity contribution in [3.05, 3.63) is 60.7 Å². The van der Waals surface area contributed by atoms with E-state index in [-0.39, 0.29) is 23.7 Å². The van der Waals surface area contributed by atoms with Crippen LogP contribution in [0.15, 0.2) is 60.7 Å². The maximum atomic E-state index is 13.4. The van der Waals surface area contributed by atoms with Gasteiger partial charge in [0.15, 0.2) is 0 Å². The van der Waals surface area contributed by atoms with E-state index < -0.39 is 0 Å². The molecule has 0 radical (unpaired) electrons.